The largest absolute Gasteiger partial charge is 0.467 e. The number of non-ortho nitro benzene ring substituents is 1. The highest BCUT2D eigenvalue weighted by Gasteiger charge is 2.59. The number of rotatable bonds is 5. The number of hydrogen-bond donors (Lipinski definition) is 1. The normalized spacial score (nSPS) is 14.0. The standard InChI is InChI=1S/C14H12F3N3O5/c1-24-12(21)13(18,14(15,16)17)7-10-6-11(19-25-10)8-2-4-9(5-3-8)20(22)23/h2-6H,7,18H2,1H3. The van der Waals surface area contributed by atoms with Crippen molar-refractivity contribution in [3.05, 3.63) is 46.2 Å². The quantitative estimate of drug-likeness (QED) is 0.493. The molecule has 1 aromatic carbocycles. The van der Waals surface area contributed by atoms with Crippen LogP contribution in [0.3, 0.4) is 0 Å². The van der Waals surface area contributed by atoms with E-state index in [0.717, 1.165) is 13.2 Å². The van der Waals surface area contributed by atoms with Crippen LogP contribution < -0.4 is 5.73 Å². The van der Waals surface area contributed by atoms with Crippen LogP contribution in [0, 0.1) is 10.1 Å². The van der Waals surface area contributed by atoms with Crippen molar-refractivity contribution in [1.82, 2.24) is 5.16 Å². The molecule has 11 heteroatoms. The number of nitrogens with zero attached hydrogens (tertiary/aromatic N) is 2. The molecule has 134 valence electrons. The minimum atomic E-state index is -5.07. The molecular formula is C14H12F3N3O5. The third kappa shape index (κ3) is 3.60. The molecule has 1 atom stereocenters. The molecule has 25 heavy (non-hydrogen) atoms. The SMILES string of the molecule is COC(=O)C(N)(Cc1cc(-c2ccc([N+](=O)[O-])cc2)no1)C(F)(F)F. The maximum absolute atomic E-state index is 13.1. The number of esters is 1. The van der Waals surface area contributed by atoms with Gasteiger partial charge in [0.1, 0.15) is 11.5 Å². The van der Waals surface area contributed by atoms with Crippen LogP contribution in [-0.2, 0) is 16.0 Å². The lowest BCUT2D eigenvalue weighted by atomic mass is 9.94. The van der Waals surface area contributed by atoms with Crippen molar-refractivity contribution in [2.75, 3.05) is 7.11 Å². The second-order valence-corrected chi connectivity index (χ2v) is 5.12. The molecule has 2 aromatic rings. The topological polar surface area (TPSA) is 121 Å². The maximum Gasteiger partial charge on any atom is 0.417 e. The fourth-order valence-electron chi connectivity index (χ4n) is 2.03. The van der Waals surface area contributed by atoms with Crippen LogP contribution >= 0.6 is 0 Å². The van der Waals surface area contributed by atoms with Gasteiger partial charge in [0.05, 0.1) is 12.0 Å². The summed E-state index contributed by atoms with van der Waals surface area (Å²) in [7, 11) is 0.790. The average Bonchev–Trinajstić information content (AvgIpc) is 3.01. The van der Waals surface area contributed by atoms with E-state index in [2.05, 4.69) is 9.89 Å². The average molecular weight is 359 g/mol. The summed E-state index contributed by atoms with van der Waals surface area (Å²) in [4.78, 5) is 21.5. The Labute approximate surface area is 138 Å². The summed E-state index contributed by atoms with van der Waals surface area (Å²) in [6.07, 6.45) is -6.08. The second kappa shape index (κ2) is 6.51. The van der Waals surface area contributed by atoms with E-state index < -0.39 is 29.0 Å². The number of aromatic nitrogens is 1. The summed E-state index contributed by atoms with van der Waals surface area (Å²) >= 11 is 0. The number of nitro groups is 1. The van der Waals surface area contributed by atoms with Crippen molar-refractivity contribution >= 4 is 11.7 Å². The Kier molecular flexibility index (Phi) is 4.79. The molecule has 0 spiro atoms. The van der Waals surface area contributed by atoms with E-state index in [1.165, 1.54) is 24.3 Å². The van der Waals surface area contributed by atoms with Crippen LogP contribution in [0.25, 0.3) is 11.3 Å². The van der Waals surface area contributed by atoms with E-state index in [0.29, 0.717) is 5.56 Å². The third-order valence-electron chi connectivity index (χ3n) is 3.44. The first-order valence-corrected chi connectivity index (χ1v) is 6.73. The van der Waals surface area contributed by atoms with Gasteiger partial charge in [0.25, 0.3) is 5.69 Å². The number of halogens is 3. The van der Waals surface area contributed by atoms with Gasteiger partial charge < -0.3 is 15.0 Å². The summed E-state index contributed by atoms with van der Waals surface area (Å²) in [5.41, 5.74) is 2.28. The van der Waals surface area contributed by atoms with Gasteiger partial charge >= 0.3 is 12.1 Å². The van der Waals surface area contributed by atoms with Gasteiger partial charge in [0.2, 0.25) is 5.54 Å². The lowest BCUT2D eigenvalue weighted by Crippen LogP contribution is -2.61. The molecule has 8 nitrogen and oxygen atoms in total. The van der Waals surface area contributed by atoms with Gasteiger partial charge in [-0.3, -0.25) is 10.1 Å². The van der Waals surface area contributed by atoms with Gasteiger partial charge in [0.15, 0.2) is 0 Å². The summed E-state index contributed by atoms with van der Waals surface area (Å²) in [6, 6.07) is 6.30. The molecule has 2 N–H and O–H groups in total. The lowest BCUT2D eigenvalue weighted by Gasteiger charge is -2.27. The van der Waals surface area contributed by atoms with Crippen molar-refractivity contribution in [1.29, 1.82) is 0 Å². The van der Waals surface area contributed by atoms with Gasteiger partial charge in [-0.15, -0.1) is 0 Å². The molecule has 1 unspecified atom stereocenters. The molecule has 0 aliphatic rings. The zero-order valence-corrected chi connectivity index (χ0v) is 12.7. The maximum atomic E-state index is 13.1. The molecule has 1 heterocycles. The van der Waals surface area contributed by atoms with Gasteiger partial charge in [-0.05, 0) is 12.1 Å². The zero-order chi connectivity index (χ0) is 18.8. The number of carbonyl (C=O) groups excluding carboxylic acids is 1. The molecule has 0 fully saturated rings. The first-order valence-electron chi connectivity index (χ1n) is 6.73. The lowest BCUT2D eigenvalue weighted by molar-refractivity contribution is -0.384. The number of methoxy groups -OCH3 is 1. The Balaban J connectivity index is 2.28. The molecule has 0 amide bonds. The van der Waals surface area contributed by atoms with Crippen LogP contribution in [0.2, 0.25) is 0 Å². The van der Waals surface area contributed by atoms with Crippen LogP contribution in [0.5, 0.6) is 0 Å². The number of ether oxygens (including phenoxy) is 1. The smallest absolute Gasteiger partial charge is 0.417 e. The highest BCUT2D eigenvalue weighted by Crippen LogP contribution is 2.33. The summed E-state index contributed by atoms with van der Waals surface area (Å²) < 4.78 is 48.3. The molecule has 0 saturated carbocycles. The van der Waals surface area contributed by atoms with Crippen molar-refractivity contribution in [2.45, 2.75) is 18.1 Å². The Morgan fingerprint density at radius 1 is 1.36 bits per heavy atom. The van der Waals surface area contributed by atoms with Crippen LogP contribution in [0.1, 0.15) is 5.76 Å². The summed E-state index contributed by atoms with van der Waals surface area (Å²) in [6.45, 7) is 0. The molecule has 0 bridgehead atoms. The summed E-state index contributed by atoms with van der Waals surface area (Å²) in [5.74, 6) is -1.95. The molecular weight excluding hydrogens is 347 g/mol. The molecule has 0 aliphatic carbocycles. The van der Waals surface area contributed by atoms with Crippen LogP contribution in [0.4, 0.5) is 18.9 Å². The van der Waals surface area contributed by atoms with Gasteiger partial charge in [0, 0.05) is 30.2 Å². The first-order chi connectivity index (χ1) is 11.6. The number of carbonyl (C=O) groups is 1. The Bertz CT molecular complexity index is 788. The van der Waals surface area contributed by atoms with Crippen molar-refractivity contribution < 1.29 is 32.1 Å². The van der Waals surface area contributed by atoms with E-state index in [9.17, 15) is 28.1 Å². The Morgan fingerprint density at radius 3 is 2.44 bits per heavy atom. The minimum absolute atomic E-state index is 0.138. The summed E-state index contributed by atoms with van der Waals surface area (Å²) in [5, 5.41) is 14.2. The Morgan fingerprint density at radius 2 is 1.96 bits per heavy atom. The highest BCUT2D eigenvalue weighted by molar-refractivity contribution is 5.82. The van der Waals surface area contributed by atoms with Crippen molar-refractivity contribution in [3.63, 3.8) is 0 Å². The Hall–Kier alpha value is -2.95. The molecule has 2 rings (SSSR count). The van der Waals surface area contributed by atoms with Gasteiger partial charge in [-0.25, -0.2) is 4.79 Å². The van der Waals surface area contributed by atoms with Gasteiger partial charge in [-0.1, -0.05) is 5.16 Å². The number of nitrogens with two attached hydrogens (primary N) is 1. The number of alkyl halides is 3. The predicted octanol–water partition coefficient (Wildman–Crippen LogP) is 2.23. The fraction of sp³-hybridized carbons (Fsp3) is 0.286. The highest BCUT2D eigenvalue weighted by atomic mass is 19.4. The molecule has 0 aliphatic heterocycles. The molecule has 0 saturated heterocycles. The van der Waals surface area contributed by atoms with Gasteiger partial charge in [-0.2, -0.15) is 13.2 Å². The van der Waals surface area contributed by atoms with Crippen LogP contribution in [-0.4, -0.2) is 34.9 Å². The first kappa shape index (κ1) is 18.4. The third-order valence-corrected chi connectivity index (χ3v) is 3.44. The van der Waals surface area contributed by atoms with Crippen LogP contribution in [0.15, 0.2) is 34.9 Å². The monoisotopic (exact) mass is 359 g/mol. The number of benzene rings is 1. The molecule has 1 aromatic heterocycles. The van der Waals surface area contributed by atoms with Crippen molar-refractivity contribution in [2.24, 2.45) is 5.73 Å². The minimum Gasteiger partial charge on any atom is -0.467 e. The van der Waals surface area contributed by atoms with Crippen molar-refractivity contribution in [3.8, 4) is 11.3 Å². The van der Waals surface area contributed by atoms with E-state index in [-0.39, 0.29) is 17.1 Å². The predicted molar refractivity (Wildman–Crippen MR) is 77.3 cm³/mol. The van der Waals surface area contributed by atoms with E-state index in [1.807, 2.05) is 0 Å². The number of nitro benzene ring substituents is 1. The number of hydrogen-bond acceptors (Lipinski definition) is 7. The second-order valence-electron chi connectivity index (χ2n) is 5.12. The van der Waals surface area contributed by atoms with E-state index in [4.69, 9.17) is 10.3 Å². The fourth-order valence-corrected chi connectivity index (χ4v) is 2.03. The van der Waals surface area contributed by atoms with E-state index in [1.54, 1.807) is 0 Å². The molecule has 0 radical (unpaired) electrons. The van der Waals surface area contributed by atoms with E-state index >= 15 is 0 Å². The zero-order valence-electron chi connectivity index (χ0n) is 12.7.